The van der Waals surface area contributed by atoms with Gasteiger partial charge < -0.3 is 15.6 Å². The van der Waals surface area contributed by atoms with Crippen molar-refractivity contribution < 1.29 is 9.84 Å². The second kappa shape index (κ2) is 38.1. The lowest BCUT2D eigenvalue weighted by molar-refractivity contribution is 0.0560. The van der Waals surface area contributed by atoms with E-state index in [1.807, 2.05) is 0 Å². The van der Waals surface area contributed by atoms with Gasteiger partial charge in [-0.2, -0.15) is 0 Å². The van der Waals surface area contributed by atoms with Gasteiger partial charge in [-0.15, -0.1) is 0 Å². The lowest BCUT2D eigenvalue weighted by atomic mass is 10.0. The van der Waals surface area contributed by atoms with Crippen molar-refractivity contribution in [2.45, 2.75) is 244 Å². The molecule has 0 aromatic carbocycles. The summed E-state index contributed by atoms with van der Waals surface area (Å²) < 4.78 is 5.79. The first-order chi connectivity index (χ1) is 21.2. The molecule has 3 N–H and O–H groups in total. The number of ether oxygens (including phenoxy) is 1. The van der Waals surface area contributed by atoms with Crippen molar-refractivity contribution in [3.05, 3.63) is 0 Å². The lowest BCUT2D eigenvalue weighted by Crippen LogP contribution is -2.38. The van der Waals surface area contributed by atoms with Crippen LogP contribution in [0.4, 0.5) is 0 Å². The summed E-state index contributed by atoms with van der Waals surface area (Å²) in [4.78, 5) is 0. The van der Waals surface area contributed by atoms with Crippen LogP contribution in [0.5, 0.6) is 0 Å². The van der Waals surface area contributed by atoms with Gasteiger partial charge in [-0.25, -0.2) is 0 Å². The van der Waals surface area contributed by atoms with Crippen LogP contribution in [-0.2, 0) is 4.74 Å². The summed E-state index contributed by atoms with van der Waals surface area (Å²) in [5.74, 6) is 0. The monoisotopic (exact) mass is 610 g/mol. The Bertz CT molecular complexity index is 485. The zero-order valence-electron chi connectivity index (χ0n) is 30.0. The molecule has 0 heterocycles. The van der Waals surface area contributed by atoms with Crippen LogP contribution in [-0.4, -0.2) is 30.5 Å². The van der Waals surface area contributed by atoms with E-state index >= 15 is 0 Å². The van der Waals surface area contributed by atoms with Crippen LogP contribution in [0, 0.1) is 0 Å². The van der Waals surface area contributed by atoms with Crippen molar-refractivity contribution in [2.75, 3.05) is 13.2 Å². The predicted molar refractivity (Wildman–Crippen MR) is 193 cm³/mol. The molecule has 2 atom stereocenters. The molecule has 0 aliphatic heterocycles. The van der Waals surface area contributed by atoms with Crippen LogP contribution < -0.4 is 5.73 Å². The van der Waals surface area contributed by atoms with Gasteiger partial charge in [0.15, 0.2) is 0 Å². The number of nitrogens with two attached hydrogens (primary N) is 1. The van der Waals surface area contributed by atoms with Crippen molar-refractivity contribution in [3.63, 3.8) is 0 Å². The Labute approximate surface area is 272 Å². The maximum Gasteiger partial charge on any atom is 0.0713 e. The topological polar surface area (TPSA) is 55.5 Å². The maximum absolute atomic E-state index is 10.4. The Morgan fingerprint density at radius 1 is 0.395 bits per heavy atom. The van der Waals surface area contributed by atoms with Crippen LogP contribution in [0.2, 0.25) is 0 Å². The molecule has 2 unspecified atom stereocenters. The molecule has 0 bridgehead atoms. The molecule has 3 nitrogen and oxygen atoms in total. The number of hydrogen-bond acceptors (Lipinski definition) is 3. The minimum absolute atomic E-state index is 0.234. The van der Waals surface area contributed by atoms with E-state index in [0.717, 1.165) is 25.9 Å². The summed E-state index contributed by atoms with van der Waals surface area (Å²) in [5.41, 5.74) is 6.18. The van der Waals surface area contributed by atoms with Gasteiger partial charge in [0.2, 0.25) is 0 Å². The summed E-state index contributed by atoms with van der Waals surface area (Å²) in [6, 6.07) is -0.234. The largest absolute Gasteiger partial charge is 0.391 e. The fourth-order valence-corrected chi connectivity index (χ4v) is 6.38. The summed E-state index contributed by atoms with van der Waals surface area (Å²) in [6.45, 7) is 5.87. The quantitative estimate of drug-likeness (QED) is 0.0685. The molecular formula is C40H83NO2. The number of aliphatic hydroxyl groups is 1. The highest BCUT2D eigenvalue weighted by Gasteiger charge is 2.14. The molecule has 0 spiro atoms. The molecular weight excluding hydrogens is 526 g/mol. The summed E-state index contributed by atoms with van der Waals surface area (Å²) in [6.07, 6.45) is 46.2. The fraction of sp³-hybridized carbons (Fsp3) is 1.00. The van der Waals surface area contributed by atoms with Crippen molar-refractivity contribution in [2.24, 2.45) is 5.73 Å². The first-order valence-electron chi connectivity index (χ1n) is 20.2. The molecule has 0 aromatic heterocycles. The van der Waals surface area contributed by atoms with Gasteiger partial charge >= 0.3 is 0 Å². The molecule has 0 rings (SSSR count). The molecule has 0 fully saturated rings. The van der Waals surface area contributed by atoms with Gasteiger partial charge in [-0.05, 0) is 12.8 Å². The molecule has 0 saturated heterocycles. The highest BCUT2D eigenvalue weighted by molar-refractivity contribution is 4.71. The summed E-state index contributed by atoms with van der Waals surface area (Å²) in [5, 5.41) is 10.4. The highest BCUT2D eigenvalue weighted by Crippen LogP contribution is 2.16. The van der Waals surface area contributed by atoms with E-state index in [9.17, 15) is 5.11 Å². The Hall–Kier alpha value is -0.120. The van der Waals surface area contributed by atoms with Gasteiger partial charge in [0, 0.05) is 6.61 Å². The Kier molecular flexibility index (Phi) is 38.0. The molecule has 260 valence electrons. The summed E-state index contributed by atoms with van der Waals surface area (Å²) in [7, 11) is 0. The molecule has 0 aromatic rings. The normalized spacial score (nSPS) is 13.1. The second-order valence-corrected chi connectivity index (χ2v) is 14.1. The average molecular weight is 610 g/mol. The van der Waals surface area contributed by atoms with E-state index in [4.69, 9.17) is 10.5 Å². The van der Waals surface area contributed by atoms with Crippen molar-refractivity contribution in [1.29, 1.82) is 0 Å². The third kappa shape index (κ3) is 36.2. The van der Waals surface area contributed by atoms with Gasteiger partial charge in [0.25, 0.3) is 0 Å². The highest BCUT2D eigenvalue weighted by atomic mass is 16.5. The number of aliphatic hydroxyl groups excluding tert-OH is 1. The van der Waals surface area contributed by atoms with E-state index in [0.29, 0.717) is 6.61 Å². The summed E-state index contributed by atoms with van der Waals surface area (Å²) >= 11 is 0. The average Bonchev–Trinajstić information content (AvgIpc) is 3.01. The molecule has 0 aliphatic carbocycles. The minimum atomic E-state index is -0.414. The third-order valence-corrected chi connectivity index (χ3v) is 9.55. The van der Waals surface area contributed by atoms with Crippen molar-refractivity contribution in [3.8, 4) is 0 Å². The molecule has 0 aliphatic rings. The predicted octanol–water partition coefficient (Wildman–Crippen LogP) is 13.0. The Morgan fingerprint density at radius 3 is 0.953 bits per heavy atom. The van der Waals surface area contributed by atoms with Crippen molar-refractivity contribution in [1.82, 2.24) is 0 Å². The number of hydrogen-bond donors (Lipinski definition) is 2. The van der Waals surface area contributed by atoms with Crippen LogP contribution in [0.1, 0.15) is 232 Å². The van der Waals surface area contributed by atoms with E-state index < -0.39 is 6.10 Å². The van der Waals surface area contributed by atoms with E-state index in [1.54, 1.807) is 0 Å². The maximum atomic E-state index is 10.4. The minimum Gasteiger partial charge on any atom is -0.391 e. The van der Waals surface area contributed by atoms with Crippen molar-refractivity contribution >= 4 is 0 Å². The second-order valence-electron chi connectivity index (χ2n) is 14.1. The van der Waals surface area contributed by atoms with E-state index in [1.165, 1.54) is 199 Å². The lowest BCUT2D eigenvalue weighted by Gasteiger charge is -2.18. The molecule has 43 heavy (non-hydrogen) atoms. The zero-order chi connectivity index (χ0) is 31.3. The fourth-order valence-electron chi connectivity index (χ4n) is 6.38. The van der Waals surface area contributed by atoms with Gasteiger partial charge in [0.1, 0.15) is 0 Å². The third-order valence-electron chi connectivity index (χ3n) is 9.55. The SMILES string of the molecule is CCCCCCCCCCCCCCCCCCCCCCOCC(N)C(O)CCCCCCCCCCCCCCC. The van der Waals surface area contributed by atoms with Gasteiger partial charge in [-0.1, -0.05) is 219 Å². The van der Waals surface area contributed by atoms with E-state index in [-0.39, 0.29) is 6.04 Å². The number of rotatable bonds is 38. The Morgan fingerprint density at radius 2 is 0.651 bits per heavy atom. The van der Waals surface area contributed by atoms with Crippen LogP contribution >= 0.6 is 0 Å². The van der Waals surface area contributed by atoms with Gasteiger partial charge in [0.05, 0.1) is 18.8 Å². The van der Waals surface area contributed by atoms with Gasteiger partial charge in [-0.3, -0.25) is 0 Å². The smallest absolute Gasteiger partial charge is 0.0713 e. The molecule has 0 saturated carbocycles. The van der Waals surface area contributed by atoms with Crippen LogP contribution in [0.25, 0.3) is 0 Å². The standard InChI is InChI=1S/C40H83NO2/c1-3-5-7-9-11-13-15-17-18-19-20-21-22-23-25-27-29-31-33-35-37-43-38-39(41)40(42)36-34-32-30-28-26-24-16-14-12-10-8-6-4-2/h39-40,42H,3-38,41H2,1-2H3. The zero-order valence-corrected chi connectivity index (χ0v) is 30.0. The number of unbranched alkanes of at least 4 members (excludes halogenated alkanes) is 31. The molecule has 3 heteroatoms. The van der Waals surface area contributed by atoms with Crippen LogP contribution in [0.15, 0.2) is 0 Å². The van der Waals surface area contributed by atoms with Crippen LogP contribution in [0.3, 0.4) is 0 Å². The molecule has 0 radical (unpaired) electrons. The molecule has 0 amide bonds. The van der Waals surface area contributed by atoms with E-state index in [2.05, 4.69) is 13.8 Å². The first kappa shape index (κ1) is 42.9. The first-order valence-corrected chi connectivity index (χ1v) is 20.2. The Balaban J connectivity index is 3.24.